The second-order valence-corrected chi connectivity index (χ2v) is 5.35. The maximum Gasteiger partial charge on any atom is 0.142 e. The lowest BCUT2D eigenvalue weighted by atomic mass is 10.1. The summed E-state index contributed by atoms with van der Waals surface area (Å²) in [5.41, 5.74) is 0.948. The number of thiophene rings is 1. The predicted molar refractivity (Wildman–Crippen MR) is 75.4 cm³/mol. The fraction of sp³-hybridized carbons (Fsp3) is 0.357. The van der Waals surface area contributed by atoms with Crippen LogP contribution in [0.4, 0.5) is 0 Å². The molecule has 4 heteroatoms. The summed E-state index contributed by atoms with van der Waals surface area (Å²) in [6, 6.07) is 8.24. The van der Waals surface area contributed by atoms with E-state index in [1.165, 1.54) is 9.75 Å². The molecule has 0 aliphatic carbocycles. The van der Waals surface area contributed by atoms with E-state index in [1.807, 2.05) is 18.3 Å². The second kappa shape index (κ2) is 5.98. The Morgan fingerprint density at radius 3 is 2.83 bits per heavy atom. The molecule has 3 nitrogen and oxygen atoms in total. The third kappa shape index (κ3) is 2.71. The van der Waals surface area contributed by atoms with Crippen LogP contribution in [0.5, 0.6) is 5.75 Å². The molecule has 1 unspecified atom stereocenters. The van der Waals surface area contributed by atoms with E-state index in [1.54, 1.807) is 18.4 Å². The van der Waals surface area contributed by atoms with E-state index < -0.39 is 0 Å². The summed E-state index contributed by atoms with van der Waals surface area (Å²) in [5, 5.41) is 3.47. The molecule has 2 heterocycles. The van der Waals surface area contributed by atoms with Gasteiger partial charge in [0.05, 0.1) is 13.2 Å². The normalized spacial score (nSPS) is 12.4. The predicted octanol–water partition coefficient (Wildman–Crippen LogP) is 3.16. The minimum Gasteiger partial charge on any atom is -0.495 e. The van der Waals surface area contributed by atoms with E-state index in [2.05, 4.69) is 36.3 Å². The molecule has 2 aromatic heterocycles. The molecule has 0 fully saturated rings. The number of aryl methyl sites for hydroxylation is 1. The molecule has 0 aliphatic heterocycles. The molecule has 0 saturated carbocycles. The van der Waals surface area contributed by atoms with Crippen molar-refractivity contribution in [2.45, 2.75) is 19.9 Å². The number of ether oxygens (including phenoxy) is 1. The lowest BCUT2D eigenvalue weighted by molar-refractivity contribution is 0.401. The van der Waals surface area contributed by atoms with E-state index in [4.69, 9.17) is 4.74 Å². The number of methoxy groups -OCH3 is 1. The van der Waals surface area contributed by atoms with Crippen LogP contribution in [0.1, 0.15) is 28.4 Å². The zero-order valence-corrected chi connectivity index (χ0v) is 11.8. The Morgan fingerprint density at radius 1 is 1.39 bits per heavy atom. The summed E-state index contributed by atoms with van der Waals surface area (Å²) < 4.78 is 5.40. The molecule has 0 radical (unpaired) electrons. The van der Waals surface area contributed by atoms with Crippen LogP contribution in [0.3, 0.4) is 0 Å². The molecule has 1 N–H and O–H groups in total. The topological polar surface area (TPSA) is 34.2 Å². The third-order valence-electron chi connectivity index (χ3n) is 2.75. The van der Waals surface area contributed by atoms with Gasteiger partial charge in [-0.3, -0.25) is 4.98 Å². The molecule has 2 aromatic rings. The SMILES string of the molecule is CCNC(c1ccc(C)s1)c1ncccc1OC. The van der Waals surface area contributed by atoms with Crippen LogP contribution in [-0.4, -0.2) is 18.6 Å². The van der Waals surface area contributed by atoms with Crippen LogP contribution in [-0.2, 0) is 0 Å². The fourth-order valence-electron chi connectivity index (χ4n) is 1.94. The Bertz CT molecular complexity index is 510. The number of aromatic nitrogens is 1. The second-order valence-electron chi connectivity index (χ2n) is 4.03. The van der Waals surface area contributed by atoms with E-state index in [9.17, 15) is 0 Å². The molecular weight excluding hydrogens is 244 g/mol. The number of hydrogen-bond acceptors (Lipinski definition) is 4. The van der Waals surface area contributed by atoms with E-state index in [0.29, 0.717) is 0 Å². The van der Waals surface area contributed by atoms with Crippen molar-refractivity contribution >= 4 is 11.3 Å². The van der Waals surface area contributed by atoms with Gasteiger partial charge in [0, 0.05) is 16.0 Å². The van der Waals surface area contributed by atoms with Crippen molar-refractivity contribution in [3.63, 3.8) is 0 Å². The van der Waals surface area contributed by atoms with Gasteiger partial charge in [0.25, 0.3) is 0 Å². The van der Waals surface area contributed by atoms with Crippen molar-refractivity contribution < 1.29 is 4.74 Å². The van der Waals surface area contributed by atoms with E-state index in [-0.39, 0.29) is 6.04 Å². The summed E-state index contributed by atoms with van der Waals surface area (Å²) in [5.74, 6) is 0.828. The average molecular weight is 262 g/mol. The maximum absolute atomic E-state index is 5.40. The Hall–Kier alpha value is -1.39. The largest absolute Gasteiger partial charge is 0.495 e. The van der Waals surface area contributed by atoms with Gasteiger partial charge in [-0.25, -0.2) is 0 Å². The number of pyridine rings is 1. The zero-order chi connectivity index (χ0) is 13.0. The Balaban J connectivity index is 2.41. The van der Waals surface area contributed by atoms with Crippen LogP contribution < -0.4 is 10.1 Å². The average Bonchev–Trinajstić information content (AvgIpc) is 2.82. The van der Waals surface area contributed by atoms with Crippen molar-refractivity contribution in [2.75, 3.05) is 13.7 Å². The third-order valence-corrected chi connectivity index (χ3v) is 3.81. The molecule has 96 valence electrons. The van der Waals surface area contributed by atoms with Crippen LogP contribution >= 0.6 is 11.3 Å². The molecule has 0 spiro atoms. The molecule has 0 saturated heterocycles. The highest BCUT2D eigenvalue weighted by Gasteiger charge is 2.19. The van der Waals surface area contributed by atoms with Crippen LogP contribution in [0, 0.1) is 6.92 Å². The molecule has 0 bridgehead atoms. The summed E-state index contributed by atoms with van der Waals surface area (Å²) in [4.78, 5) is 7.05. The minimum atomic E-state index is 0.102. The quantitative estimate of drug-likeness (QED) is 0.898. The number of nitrogens with zero attached hydrogens (tertiary/aromatic N) is 1. The van der Waals surface area contributed by atoms with Gasteiger partial charge in [-0.05, 0) is 37.7 Å². The van der Waals surface area contributed by atoms with Gasteiger partial charge in [-0.2, -0.15) is 0 Å². The maximum atomic E-state index is 5.40. The smallest absolute Gasteiger partial charge is 0.142 e. The first-order chi connectivity index (χ1) is 8.76. The van der Waals surface area contributed by atoms with Crippen molar-refractivity contribution in [3.8, 4) is 5.75 Å². The summed E-state index contributed by atoms with van der Waals surface area (Å²) in [6.45, 7) is 5.11. The van der Waals surface area contributed by atoms with Crippen molar-refractivity contribution in [2.24, 2.45) is 0 Å². The number of hydrogen-bond donors (Lipinski definition) is 1. The molecule has 18 heavy (non-hydrogen) atoms. The fourth-order valence-corrected chi connectivity index (χ4v) is 2.89. The monoisotopic (exact) mass is 262 g/mol. The standard InChI is InChI=1S/C14H18N2OS/c1-4-15-14(12-8-7-10(2)18-12)13-11(17-3)6-5-9-16-13/h5-9,14-15H,4H2,1-3H3. The van der Waals surface area contributed by atoms with Gasteiger partial charge in [-0.15, -0.1) is 11.3 Å². The lowest BCUT2D eigenvalue weighted by Crippen LogP contribution is -2.22. The van der Waals surface area contributed by atoms with Crippen molar-refractivity contribution in [1.29, 1.82) is 0 Å². The van der Waals surface area contributed by atoms with Crippen molar-refractivity contribution in [1.82, 2.24) is 10.3 Å². The Labute approximate surface area is 112 Å². The first-order valence-electron chi connectivity index (χ1n) is 6.05. The highest BCUT2D eigenvalue weighted by Crippen LogP contribution is 2.31. The first-order valence-corrected chi connectivity index (χ1v) is 6.86. The first kappa shape index (κ1) is 13.1. The van der Waals surface area contributed by atoms with Crippen molar-refractivity contribution in [3.05, 3.63) is 45.9 Å². The van der Waals surface area contributed by atoms with Gasteiger partial charge < -0.3 is 10.1 Å². The summed E-state index contributed by atoms with van der Waals surface area (Å²) >= 11 is 1.79. The summed E-state index contributed by atoms with van der Waals surface area (Å²) in [7, 11) is 1.68. The van der Waals surface area contributed by atoms with E-state index >= 15 is 0 Å². The molecule has 1 atom stereocenters. The molecular formula is C14H18N2OS. The summed E-state index contributed by atoms with van der Waals surface area (Å²) in [6.07, 6.45) is 1.81. The number of nitrogens with one attached hydrogen (secondary N) is 1. The Morgan fingerprint density at radius 2 is 2.22 bits per heavy atom. The van der Waals surface area contributed by atoms with Crippen LogP contribution in [0.25, 0.3) is 0 Å². The minimum absolute atomic E-state index is 0.102. The molecule has 0 aromatic carbocycles. The molecule has 0 amide bonds. The molecule has 2 rings (SSSR count). The van der Waals surface area contributed by atoms with Gasteiger partial charge in [0.15, 0.2) is 0 Å². The highest BCUT2D eigenvalue weighted by molar-refractivity contribution is 7.12. The molecule has 0 aliphatic rings. The van der Waals surface area contributed by atoms with E-state index in [0.717, 1.165) is 18.0 Å². The highest BCUT2D eigenvalue weighted by atomic mass is 32.1. The van der Waals surface area contributed by atoms with Gasteiger partial charge in [-0.1, -0.05) is 6.92 Å². The number of rotatable bonds is 5. The van der Waals surface area contributed by atoms with Gasteiger partial charge >= 0.3 is 0 Å². The van der Waals surface area contributed by atoms with Crippen LogP contribution in [0.15, 0.2) is 30.5 Å². The van der Waals surface area contributed by atoms with Gasteiger partial charge in [0.1, 0.15) is 11.4 Å². The van der Waals surface area contributed by atoms with Crippen LogP contribution in [0.2, 0.25) is 0 Å². The Kier molecular flexibility index (Phi) is 4.33. The zero-order valence-electron chi connectivity index (χ0n) is 10.9. The van der Waals surface area contributed by atoms with Gasteiger partial charge in [0.2, 0.25) is 0 Å². The lowest BCUT2D eigenvalue weighted by Gasteiger charge is -2.18.